The van der Waals surface area contributed by atoms with Crippen LogP contribution < -0.4 is 14.2 Å². The number of rotatable bonds is 9. The second-order valence-corrected chi connectivity index (χ2v) is 6.44. The van der Waals surface area contributed by atoms with Crippen molar-refractivity contribution in [2.24, 2.45) is 0 Å². The molecule has 2 N–H and O–H groups in total. The summed E-state index contributed by atoms with van der Waals surface area (Å²) in [7, 11) is 4.49. The summed E-state index contributed by atoms with van der Waals surface area (Å²) in [6.45, 7) is 5.71. The first-order valence-electron chi connectivity index (χ1n) is 8.89. The molecule has 0 saturated carbocycles. The average molecular weight is 399 g/mol. The number of aromatic nitrogens is 1. The van der Waals surface area contributed by atoms with Crippen LogP contribution in [0.4, 0.5) is 0 Å². The number of aromatic hydroxyl groups is 1. The molecule has 0 saturated heterocycles. The highest BCUT2D eigenvalue weighted by atomic mass is 16.5. The third kappa shape index (κ3) is 5.28. The van der Waals surface area contributed by atoms with Gasteiger partial charge in [0, 0.05) is 17.7 Å². The summed E-state index contributed by atoms with van der Waals surface area (Å²) in [5, 5.41) is 20.3. The maximum Gasteiger partial charge on any atom is 0.340 e. The first kappa shape index (κ1) is 21.8. The monoisotopic (exact) mass is 399 g/mol. The number of pyridine rings is 1. The standard InChI is InChI=1S/C22H25NO6/c1-13(2)6-9-17-18(28-4)10-14(20(21(17)24)22(25)26)7-8-15-11-16(27-3)12-19(23-15)29-5/h7-8,10-12,24H,1,6,9H2,2-5H3,(H,25,26). The Kier molecular flexibility index (Phi) is 7.25. The van der Waals surface area contributed by atoms with E-state index in [4.69, 9.17) is 14.2 Å². The normalized spacial score (nSPS) is 10.8. The van der Waals surface area contributed by atoms with E-state index in [0.29, 0.717) is 41.5 Å². The number of ether oxygens (including phenoxy) is 3. The SMILES string of the molecule is C=C(C)CCc1c(OC)cc(C=Cc2cc(OC)cc(OC)n2)c(C(=O)O)c1O. The molecule has 7 nitrogen and oxygen atoms in total. The zero-order chi connectivity index (χ0) is 21.6. The summed E-state index contributed by atoms with van der Waals surface area (Å²) < 4.78 is 15.7. The van der Waals surface area contributed by atoms with Crippen LogP contribution in [0, 0.1) is 0 Å². The van der Waals surface area contributed by atoms with Crippen molar-refractivity contribution in [1.29, 1.82) is 0 Å². The van der Waals surface area contributed by atoms with Crippen molar-refractivity contribution in [2.75, 3.05) is 21.3 Å². The second-order valence-electron chi connectivity index (χ2n) is 6.44. The Balaban J connectivity index is 2.54. The Morgan fingerprint density at radius 2 is 1.86 bits per heavy atom. The van der Waals surface area contributed by atoms with Gasteiger partial charge in [0.1, 0.15) is 22.8 Å². The molecule has 0 atom stereocenters. The molecule has 1 aromatic carbocycles. The molecule has 1 heterocycles. The summed E-state index contributed by atoms with van der Waals surface area (Å²) in [5.41, 5.74) is 1.95. The van der Waals surface area contributed by atoms with Gasteiger partial charge in [-0.1, -0.05) is 11.6 Å². The summed E-state index contributed by atoms with van der Waals surface area (Å²) in [5.74, 6) is -0.236. The molecular formula is C22H25NO6. The summed E-state index contributed by atoms with van der Waals surface area (Å²) in [6.07, 6.45) is 4.18. The highest BCUT2D eigenvalue weighted by Crippen LogP contribution is 2.36. The van der Waals surface area contributed by atoms with Crippen molar-refractivity contribution in [3.63, 3.8) is 0 Å². The summed E-state index contributed by atoms with van der Waals surface area (Å²) in [4.78, 5) is 16.1. The molecule has 29 heavy (non-hydrogen) atoms. The van der Waals surface area contributed by atoms with Crippen LogP contribution in [-0.2, 0) is 6.42 Å². The number of phenols is 1. The van der Waals surface area contributed by atoms with E-state index in [2.05, 4.69) is 11.6 Å². The predicted molar refractivity (Wildman–Crippen MR) is 111 cm³/mol. The van der Waals surface area contributed by atoms with E-state index in [1.807, 2.05) is 6.92 Å². The molecule has 0 amide bonds. The average Bonchev–Trinajstić information content (AvgIpc) is 2.69. The fourth-order valence-corrected chi connectivity index (χ4v) is 2.81. The molecule has 0 aliphatic carbocycles. The number of carboxylic acid groups (broad SMARTS) is 1. The molecule has 0 fully saturated rings. The van der Waals surface area contributed by atoms with E-state index >= 15 is 0 Å². The molecule has 0 radical (unpaired) electrons. The predicted octanol–water partition coefficient (Wildman–Crippen LogP) is 4.19. The first-order valence-corrected chi connectivity index (χ1v) is 8.89. The number of nitrogens with zero attached hydrogens (tertiary/aromatic N) is 1. The number of allylic oxidation sites excluding steroid dienone is 1. The molecular weight excluding hydrogens is 374 g/mol. The smallest absolute Gasteiger partial charge is 0.340 e. The molecule has 0 aliphatic heterocycles. The highest BCUT2D eigenvalue weighted by Gasteiger charge is 2.22. The van der Waals surface area contributed by atoms with Gasteiger partial charge < -0.3 is 24.4 Å². The van der Waals surface area contributed by atoms with Crippen LogP contribution in [0.1, 0.15) is 40.5 Å². The van der Waals surface area contributed by atoms with Crippen LogP contribution in [0.15, 0.2) is 30.4 Å². The molecule has 1 aromatic heterocycles. The summed E-state index contributed by atoms with van der Waals surface area (Å²) in [6, 6.07) is 4.90. The van der Waals surface area contributed by atoms with Crippen LogP contribution in [-0.4, -0.2) is 42.5 Å². The van der Waals surface area contributed by atoms with Gasteiger partial charge in [0.2, 0.25) is 5.88 Å². The number of hydrogen-bond donors (Lipinski definition) is 2. The van der Waals surface area contributed by atoms with Crippen LogP contribution in [0.5, 0.6) is 23.1 Å². The largest absolute Gasteiger partial charge is 0.507 e. The highest BCUT2D eigenvalue weighted by molar-refractivity contribution is 5.97. The van der Waals surface area contributed by atoms with Crippen LogP contribution in [0.25, 0.3) is 12.2 Å². The lowest BCUT2D eigenvalue weighted by Crippen LogP contribution is -2.05. The lowest BCUT2D eigenvalue weighted by atomic mass is 9.96. The van der Waals surface area contributed by atoms with Crippen LogP contribution in [0.3, 0.4) is 0 Å². The maximum atomic E-state index is 11.8. The molecule has 2 aromatic rings. The number of benzene rings is 1. The fourth-order valence-electron chi connectivity index (χ4n) is 2.81. The number of methoxy groups -OCH3 is 3. The van der Waals surface area contributed by atoms with E-state index in [-0.39, 0.29) is 16.9 Å². The van der Waals surface area contributed by atoms with Crippen molar-refractivity contribution in [3.8, 4) is 23.1 Å². The molecule has 0 aliphatic rings. The van der Waals surface area contributed by atoms with E-state index in [0.717, 1.165) is 5.57 Å². The number of hydrogen-bond acceptors (Lipinski definition) is 6. The van der Waals surface area contributed by atoms with E-state index in [1.54, 1.807) is 30.4 Å². The lowest BCUT2D eigenvalue weighted by molar-refractivity contribution is 0.0693. The van der Waals surface area contributed by atoms with Crippen molar-refractivity contribution < 1.29 is 29.2 Å². The first-order chi connectivity index (χ1) is 13.8. The van der Waals surface area contributed by atoms with E-state index in [9.17, 15) is 15.0 Å². The molecule has 0 unspecified atom stereocenters. The molecule has 7 heteroatoms. The quantitative estimate of drug-likeness (QED) is 0.610. The third-order valence-electron chi connectivity index (χ3n) is 4.30. The number of aromatic carboxylic acids is 1. The van der Waals surface area contributed by atoms with Gasteiger partial charge in [-0.3, -0.25) is 0 Å². The Hall–Kier alpha value is -3.48. The minimum atomic E-state index is -1.24. The second kappa shape index (κ2) is 9.64. The van der Waals surface area contributed by atoms with Gasteiger partial charge in [0.25, 0.3) is 0 Å². The minimum absolute atomic E-state index is 0.200. The third-order valence-corrected chi connectivity index (χ3v) is 4.30. The van der Waals surface area contributed by atoms with Crippen LogP contribution in [0.2, 0.25) is 0 Å². The van der Waals surface area contributed by atoms with E-state index < -0.39 is 5.97 Å². The number of carboxylic acids is 1. The van der Waals surface area contributed by atoms with Crippen molar-refractivity contribution in [1.82, 2.24) is 4.98 Å². The Morgan fingerprint density at radius 1 is 1.14 bits per heavy atom. The molecule has 154 valence electrons. The van der Waals surface area contributed by atoms with Gasteiger partial charge in [-0.2, -0.15) is 0 Å². The van der Waals surface area contributed by atoms with Crippen molar-refractivity contribution in [2.45, 2.75) is 19.8 Å². The van der Waals surface area contributed by atoms with Gasteiger partial charge in [0.15, 0.2) is 0 Å². The molecule has 0 bridgehead atoms. The van der Waals surface area contributed by atoms with Crippen molar-refractivity contribution in [3.05, 3.63) is 52.7 Å². The lowest BCUT2D eigenvalue weighted by Gasteiger charge is -2.15. The topological polar surface area (TPSA) is 98.1 Å². The Bertz CT molecular complexity index is 927. The van der Waals surface area contributed by atoms with Gasteiger partial charge in [-0.05, 0) is 37.5 Å². The van der Waals surface area contributed by atoms with Gasteiger partial charge in [-0.25, -0.2) is 9.78 Å². The van der Waals surface area contributed by atoms with E-state index in [1.165, 1.54) is 21.3 Å². The maximum absolute atomic E-state index is 11.8. The molecule has 0 spiro atoms. The Morgan fingerprint density at radius 3 is 2.41 bits per heavy atom. The van der Waals surface area contributed by atoms with Gasteiger partial charge >= 0.3 is 5.97 Å². The molecule has 2 rings (SSSR count). The van der Waals surface area contributed by atoms with Gasteiger partial charge in [-0.15, -0.1) is 6.58 Å². The summed E-state index contributed by atoms with van der Waals surface area (Å²) >= 11 is 0. The van der Waals surface area contributed by atoms with Gasteiger partial charge in [0.05, 0.1) is 27.0 Å². The Labute approximate surface area is 169 Å². The number of carbonyl (C=O) groups is 1. The van der Waals surface area contributed by atoms with Crippen molar-refractivity contribution >= 4 is 18.1 Å². The zero-order valence-corrected chi connectivity index (χ0v) is 17.0. The minimum Gasteiger partial charge on any atom is -0.507 e. The van der Waals surface area contributed by atoms with Crippen LogP contribution >= 0.6 is 0 Å². The fraction of sp³-hybridized carbons (Fsp3) is 0.273. The zero-order valence-electron chi connectivity index (χ0n) is 17.0.